The number of halogens is 1. The van der Waals surface area contributed by atoms with Crippen molar-refractivity contribution in [3.05, 3.63) is 59.5 Å². The van der Waals surface area contributed by atoms with Crippen molar-refractivity contribution < 1.29 is 18.3 Å². The van der Waals surface area contributed by atoms with Crippen molar-refractivity contribution in [1.29, 1.82) is 0 Å². The topological polar surface area (TPSA) is 99.3 Å². The van der Waals surface area contributed by atoms with E-state index in [-0.39, 0.29) is 11.7 Å². The molecule has 26 heavy (non-hydrogen) atoms. The number of hydrogen-bond donors (Lipinski definition) is 4. The van der Waals surface area contributed by atoms with Gasteiger partial charge in [-0.25, -0.2) is 4.39 Å². The number of aromatic nitrogens is 1. The minimum absolute atomic E-state index is 0.0120. The van der Waals surface area contributed by atoms with E-state index in [1.54, 1.807) is 18.2 Å². The molecule has 1 aliphatic heterocycles. The number of nitrogens with one attached hydrogen (secondary N) is 1. The zero-order chi connectivity index (χ0) is 18.5. The van der Waals surface area contributed by atoms with Crippen LogP contribution < -0.4 is 5.73 Å². The van der Waals surface area contributed by atoms with Crippen molar-refractivity contribution in [1.82, 2.24) is 4.98 Å². The molecule has 0 spiro atoms. The van der Waals surface area contributed by atoms with Crippen LogP contribution in [-0.4, -0.2) is 31.5 Å². The van der Waals surface area contributed by atoms with Crippen molar-refractivity contribution in [3.8, 4) is 11.1 Å². The first kappa shape index (κ1) is 17.1. The zero-order valence-electron chi connectivity index (χ0n) is 13.9. The van der Waals surface area contributed by atoms with Crippen LogP contribution in [0.25, 0.3) is 22.0 Å². The Morgan fingerprint density at radius 3 is 2.54 bits per heavy atom. The second-order valence-electron chi connectivity index (χ2n) is 6.72. The lowest BCUT2D eigenvalue weighted by Crippen LogP contribution is -2.11. The predicted octanol–water partition coefficient (Wildman–Crippen LogP) is 4.31. The lowest BCUT2D eigenvalue weighted by Gasteiger charge is -2.26. The van der Waals surface area contributed by atoms with Crippen LogP contribution in [0.3, 0.4) is 0 Å². The molecule has 2 heterocycles. The van der Waals surface area contributed by atoms with Gasteiger partial charge in [-0.2, -0.15) is 10.6 Å². The van der Waals surface area contributed by atoms with Gasteiger partial charge in [-0.3, -0.25) is 13.9 Å². The molecule has 0 radical (unpaired) electrons. The molecule has 1 aromatic heterocycles. The minimum atomic E-state index is -2.53. The van der Waals surface area contributed by atoms with Gasteiger partial charge in [0.1, 0.15) is 5.82 Å². The third kappa shape index (κ3) is 2.98. The van der Waals surface area contributed by atoms with Gasteiger partial charge in [-0.1, -0.05) is 12.1 Å². The molecule has 1 atom stereocenters. The number of nitrogens with two attached hydrogens (primary N) is 1. The van der Waals surface area contributed by atoms with Crippen LogP contribution in [0.15, 0.2) is 42.6 Å². The highest BCUT2D eigenvalue weighted by atomic mass is 32.3. The van der Waals surface area contributed by atoms with E-state index in [0.717, 1.165) is 22.1 Å². The van der Waals surface area contributed by atoms with E-state index in [9.17, 15) is 18.3 Å². The van der Waals surface area contributed by atoms with Gasteiger partial charge in [0.25, 0.3) is 5.91 Å². The van der Waals surface area contributed by atoms with Gasteiger partial charge >= 0.3 is 0 Å². The summed E-state index contributed by atoms with van der Waals surface area (Å²) in [5.74, 6) is -0.151. The lowest BCUT2D eigenvalue weighted by molar-refractivity contribution is 0.100. The maximum Gasteiger partial charge on any atom is 0.250 e. The summed E-state index contributed by atoms with van der Waals surface area (Å²) in [6.07, 6.45) is 2.50. The summed E-state index contributed by atoms with van der Waals surface area (Å²) < 4.78 is 33.1. The lowest BCUT2D eigenvalue weighted by atomic mass is 9.94. The van der Waals surface area contributed by atoms with Crippen LogP contribution in [0.5, 0.6) is 0 Å². The number of rotatable bonds is 3. The van der Waals surface area contributed by atoms with E-state index in [2.05, 4.69) is 4.98 Å². The van der Waals surface area contributed by atoms with Gasteiger partial charge in [0.05, 0.1) is 11.1 Å². The molecule has 136 valence electrons. The standard InChI is InChI=1S/C19H19FN2O3S/c20-14-3-1-11(2-4-14)13-7-15-17(12-5-6-26(24,25)10-12)9-22-18(15)16(8-13)19(21)23/h1-4,7-9,12,22,24-25H,5-6,10H2,(H2,21,23). The molecule has 3 aromatic rings. The molecule has 1 saturated heterocycles. The molecule has 5 nitrogen and oxygen atoms in total. The van der Waals surface area contributed by atoms with Gasteiger partial charge < -0.3 is 10.7 Å². The molecule has 0 saturated carbocycles. The van der Waals surface area contributed by atoms with Crippen LogP contribution in [-0.2, 0) is 0 Å². The Hall–Kier alpha value is -2.35. The molecule has 5 N–H and O–H groups in total. The first-order valence-electron chi connectivity index (χ1n) is 8.28. The molecule has 1 amide bonds. The molecular weight excluding hydrogens is 355 g/mol. The van der Waals surface area contributed by atoms with Crippen molar-refractivity contribution in [2.75, 3.05) is 11.5 Å². The Kier molecular flexibility index (Phi) is 4.02. The fraction of sp³-hybridized carbons (Fsp3) is 0.211. The predicted molar refractivity (Wildman–Crippen MR) is 102 cm³/mol. The smallest absolute Gasteiger partial charge is 0.250 e. The summed E-state index contributed by atoms with van der Waals surface area (Å²) >= 11 is 0. The van der Waals surface area contributed by atoms with E-state index < -0.39 is 16.5 Å². The van der Waals surface area contributed by atoms with Crippen molar-refractivity contribution >= 4 is 27.4 Å². The van der Waals surface area contributed by atoms with E-state index in [0.29, 0.717) is 29.0 Å². The summed E-state index contributed by atoms with van der Waals surface area (Å²) in [7, 11) is -2.53. The number of H-pyrrole nitrogens is 1. The average molecular weight is 374 g/mol. The van der Waals surface area contributed by atoms with E-state index in [4.69, 9.17) is 5.73 Å². The molecule has 0 bridgehead atoms. The Bertz CT molecular complexity index is 998. The molecule has 1 fully saturated rings. The number of hydrogen-bond acceptors (Lipinski definition) is 3. The largest absolute Gasteiger partial charge is 0.366 e. The number of benzene rings is 2. The third-order valence-corrected chi connectivity index (χ3v) is 6.79. The summed E-state index contributed by atoms with van der Waals surface area (Å²) in [5, 5.41) is 0.836. The molecular formula is C19H19FN2O3S. The molecule has 2 aromatic carbocycles. The van der Waals surface area contributed by atoms with Gasteiger partial charge in [0, 0.05) is 29.0 Å². The summed E-state index contributed by atoms with van der Waals surface area (Å²) in [4.78, 5) is 15.1. The first-order chi connectivity index (χ1) is 12.3. The van der Waals surface area contributed by atoms with E-state index >= 15 is 0 Å². The fourth-order valence-electron chi connectivity index (χ4n) is 3.66. The van der Waals surface area contributed by atoms with Crippen molar-refractivity contribution in [3.63, 3.8) is 0 Å². The molecule has 1 unspecified atom stereocenters. The second kappa shape index (κ2) is 6.12. The molecule has 1 aliphatic rings. The first-order valence-corrected chi connectivity index (χ1v) is 10.2. The molecule has 4 rings (SSSR count). The minimum Gasteiger partial charge on any atom is -0.366 e. The van der Waals surface area contributed by atoms with E-state index in [1.165, 1.54) is 12.1 Å². The average Bonchev–Trinajstić information content (AvgIpc) is 3.17. The Morgan fingerprint density at radius 2 is 1.92 bits per heavy atom. The van der Waals surface area contributed by atoms with Gasteiger partial charge in [-0.15, -0.1) is 0 Å². The highest BCUT2D eigenvalue weighted by Crippen LogP contribution is 2.52. The quantitative estimate of drug-likeness (QED) is 0.550. The van der Waals surface area contributed by atoms with E-state index in [1.807, 2.05) is 12.3 Å². The summed E-state index contributed by atoms with van der Waals surface area (Å²) in [5.41, 5.74) is 9.05. The Balaban J connectivity index is 1.88. The van der Waals surface area contributed by atoms with Crippen LogP contribution in [0, 0.1) is 5.82 Å². The Labute approximate surface area is 151 Å². The van der Waals surface area contributed by atoms with Crippen molar-refractivity contribution in [2.45, 2.75) is 12.3 Å². The van der Waals surface area contributed by atoms with Crippen LogP contribution in [0.2, 0.25) is 0 Å². The number of primary amides is 1. The third-order valence-electron chi connectivity index (χ3n) is 4.97. The van der Waals surface area contributed by atoms with Crippen LogP contribution in [0.4, 0.5) is 4.39 Å². The number of aromatic amines is 1. The highest BCUT2D eigenvalue weighted by Gasteiger charge is 2.31. The SMILES string of the molecule is NC(=O)c1cc(-c2ccc(F)cc2)cc2c(C3CCS(O)(O)C3)c[nH]c12. The van der Waals surface area contributed by atoms with Gasteiger partial charge in [0.15, 0.2) is 0 Å². The maximum absolute atomic E-state index is 13.2. The number of carbonyl (C=O) groups excluding carboxylic acids is 1. The van der Waals surface area contributed by atoms with Gasteiger partial charge in [-0.05, 0) is 47.4 Å². The number of fused-ring (bicyclic) bond motifs is 1. The van der Waals surface area contributed by atoms with Crippen molar-refractivity contribution in [2.24, 2.45) is 5.73 Å². The number of amides is 1. The monoisotopic (exact) mass is 374 g/mol. The number of carbonyl (C=O) groups is 1. The van der Waals surface area contributed by atoms with Gasteiger partial charge in [0.2, 0.25) is 0 Å². The fourth-order valence-corrected chi connectivity index (χ4v) is 5.48. The normalized spacial score (nSPS) is 20.3. The second-order valence-corrected chi connectivity index (χ2v) is 9.07. The summed E-state index contributed by atoms with van der Waals surface area (Å²) in [6.45, 7) is 0. The van der Waals surface area contributed by atoms with Crippen LogP contribution in [0.1, 0.15) is 28.3 Å². The Morgan fingerprint density at radius 1 is 1.19 bits per heavy atom. The highest BCUT2D eigenvalue weighted by molar-refractivity contribution is 8.24. The zero-order valence-corrected chi connectivity index (χ0v) is 14.7. The summed E-state index contributed by atoms with van der Waals surface area (Å²) in [6, 6.07) is 9.67. The molecule has 0 aliphatic carbocycles. The van der Waals surface area contributed by atoms with Crippen LogP contribution >= 0.6 is 10.6 Å². The maximum atomic E-state index is 13.2. The molecule has 7 heteroatoms.